The third kappa shape index (κ3) is 2.61. The summed E-state index contributed by atoms with van der Waals surface area (Å²) in [5, 5.41) is 0.294. The van der Waals surface area contributed by atoms with Crippen LogP contribution in [0.2, 0.25) is 5.02 Å². The number of nitrogens with zero attached hydrogens (tertiary/aromatic N) is 2. The SMILES string of the molecule is O=C1c2ccccc2C(=O)N1Nc1ncc(C(F)(F)F)cc1Cl. The van der Waals surface area contributed by atoms with Crippen molar-refractivity contribution < 1.29 is 22.8 Å². The monoisotopic (exact) mass is 341 g/mol. The van der Waals surface area contributed by atoms with E-state index >= 15 is 0 Å². The minimum Gasteiger partial charge on any atom is -0.270 e. The van der Waals surface area contributed by atoms with Crippen LogP contribution >= 0.6 is 11.6 Å². The zero-order valence-corrected chi connectivity index (χ0v) is 11.9. The van der Waals surface area contributed by atoms with Crippen LogP contribution in [-0.2, 0) is 6.18 Å². The lowest BCUT2D eigenvalue weighted by Crippen LogP contribution is -2.35. The number of hydrogen-bond acceptors (Lipinski definition) is 4. The van der Waals surface area contributed by atoms with Crippen molar-refractivity contribution in [3.63, 3.8) is 0 Å². The number of nitrogens with one attached hydrogen (secondary N) is 1. The molecule has 9 heteroatoms. The molecule has 0 aliphatic carbocycles. The number of hydrazine groups is 1. The van der Waals surface area contributed by atoms with Crippen LogP contribution in [0.5, 0.6) is 0 Å². The summed E-state index contributed by atoms with van der Waals surface area (Å²) in [7, 11) is 0. The fraction of sp³-hybridized carbons (Fsp3) is 0.0714. The third-order valence-electron chi connectivity index (χ3n) is 3.18. The molecule has 0 radical (unpaired) electrons. The smallest absolute Gasteiger partial charge is 0.270 e. The Hall–Kier alpha value is -2.61. The van der Waals surface area contributed by atoms with E-state index in [-0.39, 0.29) is 22.0 Å². The molecule has 1 aliphatic rings. The summed E-state index contributed by atoms with van der Waals surface area (Å²) >= 11 is 5.75. The average molecular weight is 342 g/mol. The third-order valence-corrected chi connectivity index (χ3v) is 3.47. The van der Waals surface area contributed by atoms with Crippen LogP contribution in [0, 0.1) is 0 Å². The number of alkyl halides is 3. The van der Waals surface area contributed by atoms with Gasteiger partial charge in [0.15, 0.2) is 5.82 Å². The van der Waals surface area contributed by atoms with Crippen LogP contribution in [0.3, 0.4) is 0 Å². The van der Waals surface area contributed by atoms with Gasteiger partial charge in [0, 0.05) is 6.20 Å². The zero-order valence-electron chi connectivity index (χ0n) is 11.2. The van der Waals surface area contributed by atoms with Crippen molar-refractivity contribution in [3.8, 4) is 0 Å². The summed E-state index contributed by atoms with van der Waals surface area (Å²) in [6, 6.07) is 6.79. The molecule has 2 amide bonds. The lowest BCUT2D eigenvalue weighted by atomic mass is 10.1. The molecule has 0 fully saturated rings. The van der Waals surface area contributed by atoms with Crippen molar-refractivity contribution in [3.05, 3.63) is 58.2 Å². The van der Waals surface area contributed by atoms with E-state index in [0.717, 1.165) is 0 Å². The first-order valence-electron chi connectivity index (χ1n) is 6.26. The molecule has 2 heterocycles. The fourth-order valence-electron chi connectivity index (χ4n) is 2.07. The second kappa shape index (κ2) is 5.24. The van der Waals surface area contributed by atoms with Gasteiger partial charge >= 0.3 is 6.18 Å². The van der Waals surface area contributed by atoms with Crippen molar-refractivity contribution in [2.45, 2.75) is 6.18 Å². The average Bonchev–Trinajstić information content (AvgIpc) is 2.73. The van der Waals surface area contributed by atoms with Gasteiger partial charge in [0.1, 0.15) is 0 Å². The fourth-order valence-corrected chi connectivity index (χ4v) is 2.28. The highest BCUT2D eigenvalue weighted by Crippen LogP contribution is 2.33. The van der Waals surface area contributed by atoms with Gasteiger partial charge in [-0.3, -0.25) is 15.0 Å². The number of benzene rings is 1. The number of carbonyl (C=O) groups is 2. The van der Waals surface area contributed by atoms with E-state index in [0.29, 0.717) is 17.3 Å². The van der Waals surface area contributed by atoms with Gasteiger partial charge in [0.2, 0.25) is 0 Å². The van der Waals surface area contributed by atoms with E-state index < -0.39 is 23.6 Å². The maximum atomic E-state index is 12.6. The molecule has 3 rings (SSSR count). The summed E-state index contributed by atoms with van der Waals surface area (Å²) in [6.07, 6.45) is -4.03. The minimum atomic E-state index is -4.59. The number of pyridine rings is 1. The van der Waals surface area contributed by atoms with Crippen molar-refractivity contribution in [2.75, 3.05) is 5.43 Å². The van der Waals surface area contributed by atoms with E-state index in [1.165, 1.54) is 12.1 Å². The minimum absolute atomic E-state index is 0.188. The van der Waals surface area contributed by atoms with Gasteiger partial charge in [-0.15, -0.1) is 0 Å². The van der Waals surface area contributed by atoms with Gasteiger partial charge in [-0.1, -0.05) is 23.7 Å². The molecule has 0 atom stereocenters. The molecule has 23 heavy (non-hydrogen) atoms. The summed E-state index contributed by atoms with van der Waals surface area (Å²) in [4.78, 5) is 27.8. The van der Waals surface area contributed by atoms with E-state index in [1.54, 1.807) is 12.1 Å². The Morgan fingerprint density at radius 1 is 1.09 bits per heavy atom. The second-order valence-corrected chi connectivity index (χ2v) is 5.06. The Balaban J connectivity index is 1.89. The summed E-state index contributed by atoms with van der Waals surface area (Å²) in [6.45, 7) is 0. The maximum Gasteiger partial charge on any atom is 0.417 e. The lowest BCUT2D eigenvalue weighted by Gasteiger charge is -2.17. The number of aromatic nitrogens is 1. The van der Waals surface area contributed by atoms with Gasteiger partial charge < -0.3 is 0 Å². The number of carbonyl (C=O) groups excluding carboxylic acids is 2. The van der Waals surface area contributed by atoms with Crippen LogP contribution in [0.1, 0.15) is 26.3 Å². The molecule has 0 unspecified atom stereocenters. The van der Waals surface area contributed by atoms with Gasteiger partial charge in [0.05, 0.1) is 21.7 Å². The summed E-state index contributed by atoms with van der Waals surface area (Å²) in [5.41, 5.74) is 1.70. The predicted octanol–water partition coefficient (Wildman–Crippen LogP) is 3.38. The number of imide groups is 1. The maximum absolute atomic E-state index is 12.6. The normalized spacial score (nSPS) is 14.2. The summed E-state index contributed by atoms with van der Waals surface area (Å²) < 4.78 is 37.7. The highest BCUT2D eigenvalue weighted by atomic mass is 35.5. The molecule has 0 spiro atoms. The topological polar surface area (TPSA) is 62.3 Å². The molecule has 1 N–H and O–H groups in total. The Morgan fingerprint density at radius 3 is 2.13 bits per heavy atom. The molecule has 5 nitrogen and oxygen atoms in total. The van der Waals surface area contributed by atoms with Gasteiger partial charge in [-0.05, 0) is 18.2 Å². The van der Waals surface area contributed by atoms with Gasteiger partial charge in [-0.25, -0.2) is 4.98 Å². The molecule has 1 aromatic heterocycles. The number of hydrogen-bond donors (Lipinski definition) is 1. The molecule has 1 aliphatic heterocycles. The number of amides is 2. The highest BCUT2D eigenvalue weighted by molar-refractivity contribution is 6.33. The molecule has 0 saturated heterocycles. The van der Waals surface area contributed by atoms with E-state index in [1.807, 2.05) is 0 Å². The van der Waals surface area contributed by atoms with E-state index in [2.05, 4.69) is 10.4 Å². The largest absolute Gasteiger partial charge is 0.417 e. The van der Waals surface area contributed by atoms with Crippen LogP contribution in [-0.4, -0.2) is 21.8 Å². The van der Waals surface area contributed by atoms with Crippen LogP contribution in [0.25, 0.3) is 0 Å². The molecular formula is C14H7ClF3N3O2. The number of anilines is 1. The van der Waals surface area contributed by atoms with Crippen LogP contribution in [0.15, 0.2) is 36.5 Å². The molecule has 2 aromatic rings. The second-order valence-electron chi connectivity index (χ2n) is 4.66. The van der Waals surface area contributed by atoms with Gasteiger partial charge in [-0.2, -0.15) is 18.2 Å². The van der Waals surface area contributed by atoms with Crippen LogP contribution < -0.4 is 5.43 Å². The number of fused-ring (bicyclic) bond motifs is 1. The quantitative estimate of drug-likeness (QED) is 0.851. The number of rotatable bonds is 2. The first kappa shape index (κ1) is 15.3. The van der Waals surface area contributed by atoms with Crippen molar-refractivity contribution in [2.24, 2.45) is 0 Å². The molecule has 118 valence electrons. The zero-order chi connectivity index (χ0) is 16.8. The summed E-state index contributed by atoms with van der Waals surface area (Å²) in [5.74, 6) is -1.50. The standard InChI is InChI=1S/C14H7ClF3N3O2/c15-10-5-7(14(16,17)18)6-19-11(10)20-21-12(22)8-3-1-2-4-9(8)13(21)23/h1-6H,(H,19,20). The van der Waals surface area contributed by atoms with Gasteiger partial charge in [0.25, 0.3) is 11.8 Å². The Bertz CT molecular complexity index is 788. The molecule has 0 bridgehead atoms. The first-order chi connectivity index (χ1) is 10.8. The molecular weight excluding hydrogens is 335 g/mol. The van der Waals surface area contributed by atoms with E-state index in [4.69, 9.17) is 11.6 Å². The molecule has 1 aromatic carbocycles. The Morgan fingerprint density at radius 2 is 1.65 bits per heavy atom. The van der Waals surface area contributed by atoms with Crippen molar-refractivity contribution >= 4 is 29.2 Å². The number of halogens is 4. The van der Waals surface area contributed by atoms with Crippen molar-refractivity contribution in [1.82, 2.24) is 9.99 Å². The highest BCUT2D eigenvalue weighted by Gasteiger charge is 2.37. The Labute approximate surface area is 132 Å². The van der Waals surface area contributed by atoms with E-state index in [9.17, 15) is 22.8 Å². The first-order valence-corrected chi connectivity index (χ1v) is 6.64. The molecule has 0 saturated carbocycles. The van der Waals surface area contributed by atoms with Crippen LogP contribution in [0.4, 0.5) is 19.0 Å². The Kier molecular flexibility index (Phi) is 3.48. The predicted molar refractivity (Wildman–Crippen MR) is 74.8 cm³/mol. The van der Waals surface area contributed by atoms with Crippen molar-refractivity contribution in [1.29, 1.82) is 0 Å². The lowest BCUT2D eigenvalue weighted by molar-refractivity contribution is -0.137.